The Hall–Kier alpha value is -5.54. The molecule has 50 heavy (non-hydrogen) atoms. The van der Waals surface area contributed by atoms with Gasteiger partial charge < -0.3 is 25.2 Å². The minimum absolute atomic E-state index is 0.0370. The van der Waals surface area contributed by atoms with Crippen LogP contribution in [0.2, 0.25) is 0 Å². The highest BCUT2D eigenvalue weighted by Gasteiger charge is 2.40. The normalized spacial score (nSPS) is 13.4. The lowest BCUT2D eigenvalue weighted by molar-refractivity contribution is -0.155. The fourth-order valence-electron chi connectivity index (χ4n) is 4.96. The van der Waals surface area contributed by atoms with Gasteiger partial charge in [-0.15, -0.1) is 0 Å². The van der Waals surface area contributed by atoms with Gasteiger partial charge >= 0.3 is 12.1 Å². The molecule has 0 saturated carbocycles. The van der Waals surface area contributed by atoms with Crippen LogP contribution in [0.25, 0.3) is 0 Å². The average Bonchev–Trinajstić information content (AvgIpc) is 3.07. The Morgan fingerprint density at radius 3 is 1.86 bits per heavy atom. The molecular weight excluding hydrogens is 640 g/mol. The van der Waals surface area contributed by atoms with Crippen molar-refractivity contribution in [3.63, 3.8) is 0 Å². The van der Waals surface area contributed by atoms with Crippen LogP contribution in [0.5, 0.6) is 0 Å². The summed E-state index contributed by atoms with van der Waals surface area (Å²) in [6.45, 7) is 6.33. The van der Waals surface area contributed by atoms with Crippen LogP contribution in [-0.2, 0) is 48.1 Å². The van der Waals surface area contributed by atoms with Crippen molar-refractivity contribution in [1.29, 1.82) is 5.26 Å². The van der Waals surface area contributed by atoms with E-state index in [0.29, 0.717) is 16.0 Å². The van der Waals surface area contributed by atoms with E-state index in [2.05, 4.69) is 10.6 Å². The Balaban J connectivity index is 2.02. The molecule has 3 N–H and O–H groups in total. The first kappa shape index (κ1) is 38.9. The lowest BCUT2D eigenvalue weighted by Gasteiger charge is -2.34. The molecule has 0 spiro atoms. The summed E-state index contributed by atoms with van der Waals surface area (Å²) in [5.74, 6) is -3.52. The molecule has 0 aliphatic rings. The third-order valence-electron chi connectivity index (χ3n) is 7.34. The van der Waals surface area contributed by atoms with Crippen molar-refractivity contribution in [3.05, 3.63) is 108 Å². The number of aliphatic hydroxyl groups is 1. The predicted octanol–water partition coefficient (Wildman–Crippen LogP) is 4.00. The summed E-state index contributed by atoms with van der Waals surface area (Å²) < 4.78 is 10.8. The van der Waals surface area contributed by atoms with E-state index < -0.39 is 72.5 Å². The van der Waals surface area contributed by atoms with Gasteiger partial charge in [-0.05, 0) is 44.4 Å². The summed E-state index contributed by atoms with van der Waals surface area (Å²) in [4.78, 5) is 69.3. The second kappa shape index (κ2) is 18.9. The Bertz CT molecular complexity index is 1620. The fraction of sp³-hybridized carbons (Fsp3) is 0.368. The van der Waals surface area contributed by atoms with Crippen molar-refractivity contribution in [2.75, 3.05) is 0 Å². The molecule has 4 amide bonds. The minimum atomic E-state index is -1.55. The predicted molar refractivity (Wildman–Crippen MR) is 184 cm³/mol. The van der Waals surface area contributed by atoms with Gasteiger partial charge in [0.15, 0.2) is 0 Å². The van der Waals surface area contributed by atoms with Gasteiger partial charge in [-0.25, -0.2) is 9.59 Å². The molecule has 3 aromatic carbocycles. The molecule has 0 heterocycles. The van der Waals surface area contributed by atoms with Gasteiger partial charge in [-0.1, -0.05) is 91.0 Å². The van der Waals surface area contributed by atoms with Crippen molar-refractivity contribution >= 4 is 29.8 Å². The quantitative estimate of drug-likeness (QED) is 0.200. The summed E-state index contributed by atoms with van der Waals surface area (Å²) in [6, 6.07) is 24.0. The van der Waals surface area contributed by atoms with E-state index in [1.165, 1.54) is 6.92 Å². The van der Waals surface area contributed by atoms with Gasteiger partial charge in [0.05, 0.1) is 25.0 Å². The largest absolute Gasteiger partial charge is 0.459 e. The first-order valence-electron chi connectivity index (χ1n) is 16.3. The molecule has 0 unspecified atom stereocenters. The average molecular weight is 685 g/mol. The zero-order valence-corrected chi connectivity index (χ0v) is 28.7. The van der Waals surface area contributed by atoms with Crippen LogP contribution in [0, 0.1) is 11.3 Å². The van der Waals surface area contributed by atoms with Crippen LogP contribution in [-0.4, -0.2) is 69.6 Å². The fourth-order valence-corrected chi connectivity index (χ4v) is 4.96. The van der Waals surface area contributed by atoms with Gasteiger partial charge in [-0.2, -0.15) is 5.26 Å². The highest BCUT2D eigenvalue weighted by molar-refractivity contribution is 6.04. The van der Waals surface area contributed by atoms with E-state index >= 15 is 0 Å². The molecule has 0 radical (unpaired) electrons. The number of hydrogen-bond donors (Lipinski definition) is 3. The Kier molecular flexibility index (Phi) is 14.7. The third kappa shape index (κ3) is 12.8. The SMILES string of the molecule is C[C@@H](NC(=O)[C@@H](Cc1ccccc1)N(C(=O)C[C@H](O)CC#N)C(=O)[C@@H](Cc1ccccc1)NC(=O)OC(C)(C)C)C(=O)OCc1ccccc1. The van der Waals surface area contributed by atoms with Crippen LogP contribution in [0.15, 0.2) is 91.0 Å². The van der Waals surface area contributed by atoms with Crippen LogP contribution in [0.3, 0.4) is 0 Å². The van der Waals surface area contributed by atoms with Crippen LogP contribution >= 0.6 is 0 Å². The Labute approximate surface area is 292 Å². The molecule has 12 heteroatoms. The van der Waals surface area contributed by atoms with Crippen molar-refractivity contribution in [2.24, 2.45) is 0 Å². The van der Waals surface area contributed by atoms with E-state index in [0.717, 1.165) is 5.56 Å². The van der Waals surface area contributed by atoms with Crippen LogP contribution < -0.4 is 10.6 Å². The molecule has 12 nitrogen and oxygen atoms in total. The number of nitrogens with zero attached hydrogens (tertiary/aromatic N) is 2. The summed E-state index contributed by atoms with van der Waals surface area (Å²) in [6.07, 6.45) is -3.70. The molecule has 4 atom stereocenters. The highest BCUT2D eigenvalue weighted by Crippen LogP contribution is 2.18. The van der Waals surface area contributed by atoms with Gasteiger partial charge in [0, 0.05) is 12.8 Å². The van der Waals surface area contributed by atoms with Gasteiger partial charge in [0.2, 0.25) is 11.8 Å². The number of carbonyl (C=O) groups is 5. The van der Waals surface area contributed by atoms with E-state index in [1.54, 1.807) is 112 Å². The number of esters is 1. The Morgan fingerprint density at radius 2 is 1.34 bits per heavy atom. The third-order valence-corrected chi connectivity index (χ3v) is 7.34. The number of benzene rings is 3. The second-order valence-electron chi connectivity index (χ2n) is 12.7. The van der Waals surface area contributed by atoms with Crippen molar-refractivity contribution in [1.82, 2.24) is 15.5 Å². The van der Waals surface area contributed by atoms with E-state index in [-0.39, 0.29) is 19.4 Å². The van der Waals surface area contributed by atoms with Crippen LogP contribution in [0.4, 0.5) is 4.79 Å². The number of alkyl carbamates (subject to hydrolysis) is 1. The Morgan fingerprint density at radius 1 is 0.820 bits per heavy atom. The maximum Gasteiger partial charge on any atom is 0.408 e. The van der Waals surface area contributed by atoms with Crippen molar-refractivity contribution in [3.8, 4) is 6.07 Å². The molecule has 0 aliphatic carbocycles. The molecule has 0 bridgehead atoms. The zero-order chi connectivity index (χ0) is 36.7. The van der Waals surface area contributed by atoms with Crippen LogP contribution in [0.1, 0.15) is 57.2 Å². The lowest BCUT2D eigenvalue weighted by atomic mass is 9.99. The number of rotatable bonds is 15. The summed E-state index contributed by atoms with van der Waals surface area (Å²) in [5, 5.41) is 24.7. The first-order valence-corrected chi connectivity index (χ1v) is 16.3. The number of carbonyl (C=O) groups excluding carboxylic acids is 5. The second-order valence-corrected chi connectivity index (χ2v) is 12.7. The molecule has 264 valence electrons. The molecular formula is C38H44N4O8. The van der Waals surface area contributed by atoms with E-state index in [4.69, 9.17) is 14.7 Å². The first-order chi connectivity index (χ1) is 23.8. The lowest BCUT2D eigenvalue weighted by Crippen LogP contribution is -2.60. The molecule has 0 fully saturated rings. The number of aliphatic hydroxyl groups excluding tert-OH is 1. The number of imide groups is 1. The minimum Gasteiger partial charge on any atom is -0.459 e. The molecule has 3 rings (SSSR count). The maximum absolute atomic E-state index is 14.6. The number of hydrogen-bond acceptors (Lipinski definition) is 9. The number of nitriles is 1. The monoisotopic (exact) mass is 684 g/mol. The zero-order valence-electron chi connectivity index (χ0n) is 28.7. The van der Waals surface area contributed by atoms with Gasteiger partial charge in [0.1, 0.15) is 30.3 Å². The molecule has 0 aromatic heterocycles. The topological polar surface area (TPSA) is 175 Å². The molecule has 0 saturated heterocycles. The summed E-state index contributed by atoms with van der Waals surface area (Å²) in [7, 11) is 0. The van der Waals surface area contributed by atoms with Gasteiger partial charge in [0.25, 0.3) is 5.91 Å². The number of nitrogens with one attached hydrogen (secondary N) is 2. The number of ether oxygens (including phenoxy) is 2. The smallest absolute Gasteiger partial charge is 0.408 e. The standard InChI is InChI=1S/C38H44N4O8/c1-26(36(47)49-25-29-18-12-7-13-19-29)40-34(45)32(23-28-16-10-6-11-17-28)42(33(44)24-30(43)20-21-39)35(46)31(22-27-14-8-5-9-15-27)41-37(48)50-38(2,3)4/h5-19,26,30-32,43H,20,22-25H2,1-4H3,(H,40,45)(H,41,48)/t26-,30-,31-,32-/m1/s1. The summed E-state index contributed by atoms with van der Waals surface area (Å²) in [5.41, 5.74) is 1.04. The van der Waals surface area contributed by atoms with E-state index in [1.807, 2.05) is 6.07 Å². The van der Waals surface area contributed by atoms with E-state index in [9.17, 15) is 29.1 Å². The summed E-state index contributed by atoms with van der Waals surface area (Å²) >= 11 is 0. The van der Waals surface area contributed by atoms with Gasteiger partial charge in [-0.3, -0.25) is 19.3 Å². The number of amides is 4. The maximum atomic E-state index is 14.6. The molecule has 0 aliphatic heterocycles. The van der Waals surface area contributed by atoms with Crippen molar-refractivity contribution in [2.45, 2.75) is 89.8 Å². The molecule has 3 aromatic rings. The van der Waals surface area contributed by atoms with Crippen molar-refractivity contribution < 1.29 is 38.6 Å². The highest BCUT2D eigenvalue weighted by atomic mass is 16.6.